The monoisotopic (exact) mass is 718 g/mol. The number of benzene rings is 6. The third-order valence-electron chi connectivity index (χ3n) is 11.5. The summed E-state index contributed by atoms with van der Waals surface area (Å²) in [6, 6.07) is 46.7. The smallest absolute Gasteiger partial charge is 0.180 e. The van der Waals surface area contributed by atoms with E-state index in [1.54, 1.807) is 6.20 Å². The molecule has 0 bridgehead atoms. The van der Waals surface area contributed by atoms with E-state index < -0.39 is 0 Å². The highest BCUT2D eigenvalue weighted by Gasteiger charge is 2.42. The molecule has 0 saturated heterocycles. The molecule has 54 heavy (non-hydrogen) atoms. The van der Waals surface area contributed by atoms with Crippen LogP contribution in [0.4, 0.5) is 0 Å². The Balaban J connectivity index is 1.07. The van der Waals surface area contributed by atoms with Crippen LogP contribution in [0.3, 0.4) is 0 Å². The Bertz CT molecular complexity index is 2750. The Morgan fingerprint density at radius 2 is 0.926 bits per heavy atom. The van der Waals surface area contributed by atoms with Crippen molar-refractivity contribution in [2.45, 2.75) is 38.5 Å². The molecular weight excluding hydrogens is 684 g/mol. The molecule has 0 atom stereocenters. The van der Waals surface area contributed by atoms with Crippen molar-refractivity contribution in [2.75, 3.05) is 0 Å². The van der Waals surface area contributed by atoms with Gasteiger partial charge in [0, 0.05) is 44.7 Å². The maximum Gasteiger partial charge on any atom is 0.180 e. The molecule has 10 rings (SSSR count). The third-order valence-corrected chi connectivity index (χ3v) is 11.7. The van der Waals surface area contributed by atoms with Crippen LogP contribution in [0.1, 0.15) is 49.9 Å². The van der Waals surface area contributed by atoms with Gasteiger partial charge in [0.1, 0.15) is 17.4 Å². The Labute approximate surface area is 319 Å². The molecule has 6 aromatic carbocycles. The molecule has 6 heteroatoms. The van der Waals surface area contributed by atoms with E-state index in [1.807, 2.05) is 72.8 Å². The fourth-order valence-electron chi connectivity index (χ4n) is 8.63. The summed E-state index contributed by atoms with van der Waals surface area (Å²) >= 11 is 6.09. The van der Waals surface area contributed by atoms with Crippen molar-refractivity contribution >= 4 is 22.8 Å². The predicted octanol–water partition coefficient (Wildman–Crippen LogP) is 12.2. The van der Waals surface area contributed by atoms with Crippen LogP contribution in [0.25, 0.3) is 78.4 Å². The highest BCUT2D eigenvalue weighted by Crippen LogP contribution is 2.57. The number of hydrogen-bond donors (Lipinski definition) is 0. The largest absolute Gasteiger partial charge is 0.383 e. The molecule has 5 nitrogen and oxygen atoms in total. The Hall–Kier alpha value is -6.17. The average Bonchev–Trinajstić information content (AvgIpc) is 3.58. The number of halogens is 1. The van der Waals surface area contributed by atoms with E-state index in [0.29, 0.717) is 23.2 Å². The molecular formula is C48H35ClN4O. The van der Waals surface area contributed by atoms with Gasteiger partial charge in [0.2, 0.25) is 0 Å². The van der Waals surface area contributed by atoms with Gasteiger partial charge in [0.25, 0.3) is 0 Å². The van der Waals surface area contributed by atoms with Crippen molar-refractivity contribution in [3.63, 3.8) is 0 Å². The van der Waals surface area contributed by atoms with Gasteiger partial charge in [-0.15, -0.1) is 0 Å². The summed E-state index contributed by atoms with van der Waals surface area (Å²) in [5.74, 6) is 2.55. The van der Waals surface area contributed by atoms with Crippen LogP contribution in [0.2, 0.25) is 0 Å². The molecule has 0 aliphatic heterocycles. The maximum absolute atomic E-state index is 6.09. The van der Waals surface area contributed by atoms with Gasteiger partial charge in [-0.25, -0.2) is 15.0 Å². The number of fused-ring (bicyclic) bond motifs is 7. The molecule has 0 N–H and O–H groups in total. The van der Waals surface area contributed by atoms with Gasteiger partial charge in [-0.05, 0) is 86.5 Å². The standard InChI is InChI=1S/C48H35ClN4O/c1-47(2)38-24-31(33-20-17-28-16-11-23-50-42(28)43(33)54-49)18-21-34(38)36-26-41-37(27-40(36)47)35-22-19-32(25-39(35)48(41,3)4)46-52-44(29-12-7-5-8-13-29)51-45(53-46)30-14-9-6-10-15-30/h5-27H,1-4H3. The zero-order chi connectivity index (χ0) is 36.8. The number of hydrogen-bond acceptors (Lipinski definition) is 5. The summed E-state index contributed by atoms with van der Waals surface area (Å²) in [5.41, 5.74) is 15.4. The van der Waals surface area contributed by atoms with E-state index in [2.05, 4.69) is 93.3 Å². The summed E-state index contributed by atoms with van der Waals surface area (Å²) < 4.78 is 5.44. The van der Waals surface area contributed by atoms with E-state index >= 15 is 0 Å². The lowest BCUT2D eigenvalue weighted by Crippen LogP contribution is -2.17. The predicted molar refractivity (Wildman–Crippen MR) is 218 cm³/mol. The number of aromatic nitrogens is 4. The minimum absolute atomic E-state index is 0.230. The van der Waals surface area contributed by atoms with Crippen LogP contribution >= 0.6 is 11.9 Å². The quantitative estimate of drug-likeness (QED) is 0.177. The molecule has 2 aromatic heterocycles. The lowest BCUT2D eigenvalue weighted by molar-refractivity contribution is 0.627. The second kappa shape index (κ2) is 11.9. The van der Waals surface area contributed by atoms with Gasteiger partial charge in [-0.1, -0.05) is 125 Å². The van der Waals surface area contributed by atoms with Gasteiger partial charge in [-0.2, -0.15) is 0 Å². The molecule has 0 fully saturated rings. The zero-order valence-electron chi connectivity index (χ0n) is 30.4. The summed E-state index contributed by atoms with van der Waals surface area (Å²) in [6.45, 7) is 9.32. The van der Waals surface area contributed by atoms with E-state index in [1.165, 1.54) is 44.5 Å². The first-order valence-corrected chi connectivity index (χ1v) is 18.6. The van der Waals surface area contributed by atoms with Gasteiger partial charge in [-0.3, -0.25) is 4.98 Å². The summed E-state index contributed by atoms with van der Waals surface area (Å²) in [6.07, 6.45) is 1.77. The summed E-state index contributed by atoms with van der Waals surface area (Å²) in [4.78, 5) is 19.5. The van der Waals surface area contributed by atoms with Crippen molar-refractivity contribution in [1.29, 1.82) is 0 Å². The molecule has 2 heterocycles. The van der Waals surface area contributed by atoms with E-state index in [0.717, 1.165) is 38.7 Å². The first-order valence-electron chi connectivity index (χ1n) is 18.3. The Morgan fingerprint density at radius 1 is 0.444 bits per heavy atom. The van der Waals surface area contributed by atoms with E-state index in [4.69, 9.17) is 31.1 Å². The number of pyridine rings is 1. The lowest BCUT2D eigenvalue weighted by Gasteiger charge is -2.24. The summed E-state index contributed by atoms with van der Waals surface area (Å²) in [5, 5.41) is 0.984. The molecule has 0 saturated carbocycles. The first-order chi connectivity index (χ1) is 26.2. The van der Waals surface area contributed by atoms with E-state index in [-0.39, 0.29) is 10.8 Å². The van der Waals surface area contributed by atoms with Gasteiger partial charge in [0.15, 0.2) is 23.2 Å². The molecule has 0 spiro atoms. The van der Waals surface area contributed by atoms with Gasteiger partial charge >= 0.3 is 0 Å². The average molecular weight is 719 g/mol. The lowest BCUT2D eigenvalue weighted by atomic mass is 9.79. The number of rotatable bonds is 5. The highest BCUT2D eigenvalue weighted by atomic mass is 35.5. The molecule has 0 radical (unpaired) electrons. The molecule has 0 unspecified atom stereocenters. The minimum atomic E-state index is -0.245. The van der Waals surface area contributed by atoms with Crippen molar-refractivity contribution in [1.82, 2.24) is 19.9 Å². The van der Waals surface area contributed by atoms with Crippen LogP contribution in [-0.4, -0.2) is 19.9 Å². The fraction of sp³-hybridized carbons (Fsp3) is 0.125. The second-order valence-corrected chi connectivity index (χ2v) is 15.5. The van der Waals surface area contributed by atoms with Crippen LogP contribution in [0.5, 0.6) is 5.75 Å². The summed E-state index contributed by atoms with van der Waals surface area (Å²) in [7, 11) is 0. The maximum atomic E-state index is 6.09. The first kappa shape index (κ1) is 32.5. The third kappa shape index (κ3) is 4.85. The van der Waals surface area contributed by atoms with Gasteiger partial charge < -0.3 is 4.29 Å². The molecule has 8 aromatic rings. The van der Waals surface area contributed by atoms with Crippen LogP contribution in [0, 0.1) is 0 Å². The Morgan fingerprint density at radius 3 is 1.48 bits per heavy atom. The van der Waals surface area contributed by atoms with Crippen molar-refractivity contribution in [3.05, 3.63) is 162 Å². The topological polar surface area (TPSA) is 60.8 Å². The molecule has 2 aliphatic carbocycles. The Kier molecular flexibility index (Phi) is 7.17. The van der Waals surface area contributed by atoms with Crippen LogP contribution in [-0.2, 0) is 10.8 Å². The van der Waals surface area contributed by atoms with Crippen LogP contribution in [0.15, 0.2) is 140 Å². The van der Waals surface area contributed by atoms with Gasteiger partial charge in [0.05, 0.1) is 0 Å². The second-order valence-electron chi connectivity index (χ2n) is 15.3. The normalized spacial score (nSPS) is 14.3. The SMILES string of the molecule is CC1(C)c2cc(-c3nc(-c4ccccc4)nc(-c4ccccc4)n3)ccc2-c2cc3c(cc21)-c1ccc(-c2ccc4cccnc4c2OCl)cc1C3(C)C. The van der Waals surface area contributed by atoms with E-state index in [9.17, 15) is 0 Å². The highest BCUT2D eigenvalue weighted by molar-refractivity contribution is 6.11. The number of nitrogens with zero attached hydrogens (tertiary/aromatic N) is 4. The van der Waals surface area contributed by atoms with Crippen molar-refractivity contribution < 1.29 is 4.29 Å². The minimum Gasteiger partial charge on any atom is -0.383 e. The molecule has 260 valence electrons. The fourth-order valence-corrected chi connectivity index (χ4v) is 8.79. The molecule has 2 aliphatic rings. The van der Waals surface area contributed by atoms with Crippen molar-refractivity contribution in [3.8, 4) is 73.3 Å². The molecule has 0 amide bonds. The van der Waals surface area contributed by atoms with Crippen LogP contribution < -0.4 is 4.29 Å². The zero-order valence-corrected chi connectivity index (χ0v) is 31.1. The van der Waals surface area contributed by atoms with Crippen molar-refractivity contribution in [2.24, 2.45) is 0 Å².